The smallest absolute Gasteiger partial charge is 0.281 e. The molecule has 3 fully saturated rings. The summed E-state index contributed by atoms with van der Waals surface area (Å²) < 4.78 is 55.0. The van der Waals surface area contributed by atoms with Gasteiger partial charge in [0.1, 0.15) is 18.5 Å². The molecule has 3 amide bonds. The van der Waals surface area contributed by atoms with Gasteiger partial charge in [-0.15, -0.1) is 0 Å². The predicted octanol–water partition coefficient (Wildman–Crippen LogP) is 4.18. The molecule has 3 aliphatic rings. The van der Waals surface area contributed by atoms with E-state index in [0.29, 0.717) is 44.6 Å². The average molecular weight is 646 g/mol. The number of nitrogens with one attached hydrogen (secondary N) is 2. The first-order chi connectivity index (χ1) is 21.6. The van der Waals surface area contributed by atoms with Crippen LogP contribution in [-0.4, -0.2) is 61.3 Å². The van der Waals surface area contributed by atoms with Crippen molar-refractivity contribution in [2.75, 3.05) is 18.5 Å². The lowest BCUT2D eigenvalue weighted by Gasteiger charge is -2.36. The molecule has 244 valence electrons. The number of rotatable bonds is 9. The summed E-state index contributed by atoms with van der Waals surface area (Å²) in [5, 5.41) is 2.37. The topological polar surface area (TPSA) is 152 Å². The summed E-state index contributed by atoms with van der Waals surface area (Å²) in [6.07, 6.45) is 9.77. The van der Waals surface area contributed by atoms with Crippen molar-refractivity contribution in [3.8, 4) is 0 Å². The third-order valence-corrected chi connectivity index (χ3v) is 11.0. The Kier molecular flexibility index (Phi) is 10.5. The number of amides is 3. The Labute approximate surface area is 262 Å². The van der Waals surface area contributed by atoms with Gasteiger partial charge in [-0.25, -0.2) is 18.5 Å². The van der Waals surface area contributed by atoms with Crippen LogP contribution in [0.5, 0.6) is 0 Å². The number of nitrogens with zero attached hydrogens (tertiary/aromatic N) is 2. The van der Waals surface area contributed by atoms with Gasteiger partial charge in [0.2, 0.25) is 11.8 Å². The molecule has 1 aliphatic heterocycles. The van der Waals surface area contributed by atoms with Crippen LogP contribution in [0.3, 0.4) is 0 Å². The molecule has 5 rings (SSSR count). The summed E-state index contributed by atoms with van der Waals surface area (Å²) in [4.78, 5) is 45.7. The molecule has 1 aromatic heterocycles. The van der Waals surface area contributed by atoms with Crippen LogP contribution in [0.2, 0.25) is 0 Å². The number of hydrogen-bond acceptors (Lipinski definition) is 7. The second-order valence-electron chi connectivity index (χ2n) is 12.5. The molecule has 10 nitrogen and oxygen atoms in total. The lowest BCUT2D eigenvalue weighted by molar-refractivity contribution is -0.142. The second kappa shape index (κ2) is 14.3. The molecule has 1 saturated heterocycles. The highest BCUT2D eigenvalue weighted by molar-refractivity contribution is 7.90. The zero-order chi connectivity index (χ0) is 32.1. The minimum absolute atomic E-state index is 0.0303. The number of likely N-dealkylation sites (tertiary alicyclic amines) is 1. The normalized spacial score (nSPS) is 25.0. The van der Waals surface area contributed by atoms with E-state index in [-0.39, 0.29) is 34.4 Å². The SMILES string of the molecule is N[C@H](CF)C1CCC(C(=O)N2CC[C@@H](C3CCCCC3)[C@H]2C(=O)Nc2ccc(C(=O)NS(=O)(=O)c3ccccn3)c(F)c2)CC1. The van der Waals surface area contributed by atoms with Crippen LogP contribution >= 0.6 is 0 Å². The van der Waals surface area contributed by atoms with E-state index in [1.165, 1.54) is 30.5 Å². The number of sulfonamides is 1. The molecule has 1 aromatic carbocycles. The molecule has 2 aromatic rings. The summed E-state index contributed by atoms with van der Waals surface area (Å²) in [7, 11) is -4.32. The maximum atomic E-state index is 15.1. The number of aromatic nitrogens is 1. The van der Waals surface area contributed by atoms with Crippen LogP contribution in [0.4, 0.5) is 14.5 Å². The first kappa shape index (κ1) is 32.9. The fourth-order valence-corrected chi connectivity index (χ4v) is 8.25. The van der Waals surface area contributed by atoms with E-state index in [0.717, 1.165) is 44.2 Å². The number of pyridine rings is 1. The van der Waals surface area contributed by atoms with Crippen LogP contribution in [-0.2, 0) is 19.6 Å². The summed E-state index contributed by atoms with van der Waals surface area (Å²) >= 11 is 0. The molecular formula is C32H41F2N5O5S. The standard InChI is InChI=1S/C32H41F2N5O5S/c33-19-27(35)21-9-11-22(12-10-21)32(42)39-17-15-24(20-6-2-1-3-7-20)29(39)31(41)37-23-13-14-25(26(34)18-23)30(40)38-45(43,44)28-8-4-5-16-36-28/h4-5,8,13-14,16,18,20-22,24,27,29H,1-3,6-7,9-12,15,17,19,35H2,(H,37,41)(H,38,40)/t21?,22?,24-,27+,29-/m0/s1. The lowest BCUT2D eigenvalue weighted by atomic mass is 9.76. The zero-order valence-corrected chi connectivity index (χ0v) is 26.0. The molecule has 0 bridgehead atoms. The van der Waals surface area contributed by atoms with Gasteiger partial charge in [-0.05, 0) is 80.2 Å². The van der Waals surface area contributed by atoms with Gasteiger partial charge in [0.15, 0.2) is 5.03 Å². The van der Waals surface area contributed by atoms with E-state index in [2.05, 4.69) is 10.3 Å². The van der Waals surface area contributed by atoms with Crippen molar-refractivity contribution in [2.45, 2.75) is 81.3 Å². The van der Waals surface area contributed by atoms with Crippen LogP contribution in [0.25, 0.3) is 0 Å². The minimum atomic E-state index is -4.32. The Hall–Kier alpha value is -3.45. The number of hydrogen-bond donors (Lipinski definition) is 3. The third-order valence-electron chi connectivity index (χ3n) is 9.78. The maximum absolute atomic E-state index is 15.1. The fourth-order valence-electron chi connectivity index (χ4n) is 7.34. The number of halogens is 2. The Balaban J connectivity index is 1.30. The minimum Gasteiger partial charge on any atom is -0.330 e. The number of carbonyl (C=O) groups excluding carboxylic acids is 3. The first-order valence-electron chi connectivity index (χ1n) is 15.8. The molecule has 13 heteroatoms. The van der Waals surface area contributed by atoms with Gasteiger partial charge in [-0.2, -0.15) is 8.42 Å². The number of alkyl halides is 1. The van der Waals surface area contributed by atoms with Crippen molar-refractivity contribution in [1.82, 2.24) is 14.6 Å². The second-order valence-corrected chi connectivity index (χ2v) is 14.2. The summed E-state index contributed by atoms with van der Waals surface area (Å²) in [5.74, 6) is -2.64. The molecule has 0 unspecified atom stereocenters. The van der Waals surface area contributed by atoms with Gasteiger partial charge in [0.25, 0.3) is 15.9 Å². The predicted molar refractivity (Wildman–Crippen MR) is 164 cm³/mol. The largest absolute Gasteiger partial charge is 0.330 e. The Morgan fingerprint density at radius 2 is 1.73 bits per heavy atom. The van der Waals surface area contributed by atoms with Crippen LogP contribution in [0.1, 0.15) is 74.6 Å². The van der Waals surface area contributed by atoms with Gasteiger partial charge in [-0.3, -0.25) is 14.4 Å². The van der Waals surface area contributed by atoms with Crippen molar-refractivity contribution < 1.29 is 31.6 Å². The Morgan fingerprint density at radius 1 is 1.00 bits per heavy atom. The molecule has 4 N–H and O–H groups in total. The molecule has 2 heterocycles. The number of carbonyl (C=O) groups is 3. The molecule has 0 spiro atoms. The third kappa shape index (κ3) is 7.51. The van der Waals surface area contributed by atoms with Gasteiger partial charge in [-0.1, -0.05) is 38.2 Å². The van der Waals surface area contributed by atoms with E-state index in [9.17, 15) is 27.2 Å². The highest BCUT2D eigenvalue weighted by Gasteiger charge is 2.47. The Bertz CT molecular complexity index is 1480. The summed E-state index contributed by atoms with van der Waals surface area (Å²) in [6, 6.07) is 6.31. The molecule has 0 radical (unpaired) electrons. The van der Waals surface area contributed by atoms with Gasteiger partial charge < -0.3 is 16.0 Å². The van der Waals surface area contributed by atoms with Crippen molar-refractivity contribution in [2.24, 2.45) is 29.4 Å². The monoisotopic (exact) mass is 645 g/mol. The highest BCUT2D eigenvalue weighted by Crippen LogP contribution is 2.41. The van der Waals surface area contributed by atoms with Gasteiger partial charge >= 0.3 is 0 Å². The van der Waals surface area contributed by atoms with Gasteiger partial charge in [0.05, 0.1) is 5.56 Å². The Morgan fingerprint density at radius 3 is 2.38 bits per heavy atom. The first-order valence-corrected chi connectivity index (χ1v) is 17.3. The highest BCUT2D eigenvalue weighted by atomic mass is 32.2. The maximum Gasteiger partial charge on any atom is 0.281 e. The van der Waals surface area contributed by atoms with E-state index >= 15 is 4.39 Å². The van der Waals surface area contributed by atoms with Crippen molar-refractivity contribution in [3.05, 3.63) is 54.0 Å². The van der Waals surface area contributed by atoms with E-state index in [1.54, 1.807) is 4.90 Å². The van der Waals surface area contributed by atoms with Crippen molar-refractivity contribution >= 4 is 33.4 Å². The molecule has 45 heavy (non-hydrogen) atoms. The van der Waals surface area contributed by atoms with E-state index in [4.69, 9.17) is 5.73 Å². The summed E-state index contributed by atoms with van der Waals surface area (Å²) in [5.41, 5.74) is 5.48. The van der Waals surface area contributed by atoms with Crippen LogP contribution < -0.4 is 15.8 Å². The van der Waals surface area contributed by atoms with Crippen LogP contribution in [0.15, 0.2) is 47.6 Å². The fraction of sp³-hybridized carbons (Fsp3) is 0.562. The molecular weight excluding hydrogens is 604 g/mol. The quantitative estimate of drug-likeness (QED) is 0.370. The van der Waals surface area contributed by atoms with E-state index < -0.39 is 52.0 Å². The van der Waals surface area contributed by atoms with Crippen molar-refractivity contribution in [1.29, 1.82) is 0 Å². The van der Waals surface area contributed by atoms with Crippen molar-refractivity contribution in [3.63, 3.8) is 0 Å². The lowest BCUT2D eigenvalue weighted by Crippen LogP contribution is -2.50. The van der Waals surface area contributed by atoms with Gasteiger partial charge in [0, 0.05) is 30.4 Å². The zero-order valence-electron chi connectivity index (χ0n) is 25.2. The number of anilines is 1. The van der Waals surface area contributed by atoms with E-state index in [1.807, 2.05) is 4.72 Å². The van der Waals surface area contributed by atoms with Crippen LogP contribution in [0, 0.1) is 29.5 Å². The summed E-state index contributed by atoms with van der Waals surface area (Å²) in [6.45, 7) is -0.128. The molecule has 2 aliphatic carbocycles. The molecule has 3 atom stereocenters. The number of nitrogens with two attached hydrogens (primary N) is 1. The average Bonchev–Trinajstić information content (AvgIpc) is 3.50. The number of benzene rings is 1. The molecule has 2 saturated carbocycles.